The molecule has 3 aromatic rings. The summed E-state index contributed by atoms with van der Waals surface area (Å²) in [6, 6.07) is 22.3. The number of ether oxygens (including phenoxy) is 1. The summed E-state index contributed by atoms with van der Waals surface area (Å²) in [5.74, 6) is -0.0442. The molecule has 162 valence electrons. The fourth-order valence-electron chi connectivity index (χ4n) is 3.84. The zero-order valence-electron chi connectivity index (χ0n) is 18.7. The summed E-state index contributed by atoms with van der Waals surface area (Å²) in [5.41, 5.74) is 4.68. The van der Waals surface area contributed by atoms with Crippen molar-refractivity contribution in [3.8, 4) is 5.75 Å². The maximum atomic E-state index is 13.6. The summed E-state index contributed by atoms with van der Waals surface area (Å²) in [4.78, 5) is 28.3. The number of imide groups is 1. The van der Waals surface area contributed by atoms with Crippen LogP contribution >= 0.6 is 0 Å². The van der Waals surface area contributed by atoms with Gasteiger partial charge in [0, 0.05) is 5.69 Å². The van der Waals surface area contributed by atoms with Crippen LogP contribution in [0.2, 0.25) is 0 Å². The highest BCUT2D eigenvalue weighted by molar-refractivity contribution is 6.46. The molecular weight excluding hydrogens is 400 g/mol. The molecule has 1 aliphatic heterocycles. The predicted octanol–water partition coefficient (Wildman–Crippen LogP) is 5.49. The molecule has 4 rings (SSSR count). The highest BCUT2D eigenvalue weighted by Gasteiger charge is 2.40. The predicted molar refractivity (Wildman–Crippen MR) is 128 cm³/mol. The number of aryl methyl sites for hydroxylation is 2. The van der Waals surface area contributed by atoms with E-state index in [1.807, 2.05) is 76.2 Å². The van der Waals surface area contributed by atoms with Gasteiger partial charge in [0.15, 0.2) is 0 Å². The third-order valence-corrected chi connectivity index (χ3v) is 5.24. The third kappa shape index (κ3) is 4.14. The minimum absolute atomic E-state index is 0.0374. The Bertz CT molecular complexity index is 1200. The second kappa shape index (κ2) is 8.71. The highest BCUT2D eigenvalue weighted by atomic mass is 16.5. The Kier molecular flexibility index (Phi) is 5.82. The molecule has 0 spiro atoms. The number of hydrogen-bond acceptors (Lipinski definition) is 4. The molecule has 1 heterocycles. The van der Waals surface area contributed by atoms with Crippen molar-refractivity contribution in [2.45, 2.75) is 33.8 Å². The van der Waals surface area contributed by atoms with Crippen LogP contribution in [0.25, 0.3) is 5.57 Å². The SMILES string of the molecule is Cc1ccc(C2=C(Nc3ccccc3)C(=O)N(c3ccc(OC(C)C)cc3)C2=O)c(C)c1. The number of anilines is 2. The second-order valence-electron chi connectivity index (χ2n) is 8.17. The third-order valence-electron chi connectivity index (χ3n) is 5.24. The lowest BCUT2D eigenvalue weighted by Crippen LogP contribution is -2.32. The first-order valence-corrected chi connectivity index (χ1v) is 10.6. The lowest BCUT2D eigenvalue weighted by atomic mass is 9.97. The summed E-state index contributed by atoms with van der Waals surface area (Å²) in [6.07, 6.45) is 0.0374. The molecule has 0 unspecified atom stereocenters. The van der Waals surface area contributed by atoms with Gasteiger partial charge in [-0.3, -0.25) is 9.59 Å². The zero-order valence-corrected chi connectivity index (χ0v) is 18.7. The van der Waals surface area contributed by atoms with Crippen LogP contribution in [0.1, 0.15) is 30.5 Å². The van der Waals surface area contributed by atoms with Crippen LogP contribution < -0.4 is 15.0 Å². The number of carbonyl (C=O) groups excluding carboxylic acids is 2. The van der Waals surface area contributed by atoms with Crippen LogP contribution in [-0.4, -0.2) is 17.9 Å². The van der Waals surface area contributed by atoms with E-state index in [-0.39, 0.29) is 23.6 Å². The fraction of sp³-hybridized carbons (Fsp3) is 0.185. The summed E-state index contributed by atoms with van der Waals surface area (Å²) in [6.45, 7) is 7.85. The molecule has 5 nitrogen and oxygen atoms in total. The number of rotatable bonds is 6. The molecule has 1 N–H and O–H groups in total. The Morgan fingerprint density at radius 2 is 1.53 bits per heavy atom. The molecule has 0 aromatic heterocycles. The van der Waals surface area contributed by atoms with Crippen molar-refractivity contribution >= 4 is 28.8 Å². The van der Waals surface area contributed by atoms with E-state index >= 15 is 0 Å². The highest BCUT2D eigenvalue weighted by Crippen LogP contribution is 2.35. The molecule has 2 amide bonds. The van der Waals surface area contributed by atoms with Gasteiger partial charge >= 0.3 is 0 Å². The average Bonchev–Trinajstić information content (AvgIpc) is 2.99. The Morgan fingerprint density at radius 3 is 2.16 bits per heavy atom. The molecule has 0 bridgehead atoms. The van der Waals surface area contributed by atoms with E-state index in [2.05, 4.69) is 5.32 Å². The van der Waals surface area contributed by atoms with E-state index < -0.39 is 0 Å². The normalized spacial score (nSPS) is 13.8. The smallest absolute Gasteiger partial charge is 0.282 e. The van der Waals surface area contributed by atoms with Gasteiger partial charge in [0.2, 0.25) is 0 Å². The van der Waals surface area contributed by atoms with Crippen molar-refractivity contribution in [3.05, 3.63) is 95.2 Å². The van der Waals surface area contributed by atoms with Crippen molar-refractivity contribution in [2.75, 3.05) is 10.2 Å². The van der Waals surface area contributed by atoms with Gasteiger partial charge < -0.3 is 10.1 Å². The van der Waals surface area contributed by atoms with Gasteiger partial charge in [0.25, 0.3) is 11.8 Å². The van der Waals surface area contributed by atoms with Gasteiger partial charge in [-0.15, -0.1) is 0 Å². The Hall–Kier alpha value is -3.86. The van der Waals surface area contributed by atoms with E-state index in [4.69, 9.17) is 4.74 Å². The molecule has 0 aliphatic carbocycles. The van der Waals surface area contributed by atoms with Gasteiger partial charge in [0.1, 0.15) is 11.4 Å². The molecule has 0 atom stereocenters. The van der Waals surface area contributed by atoms with Gasteiger partial charge in [0.05, 0.1) is 17.4 Å². The molecule has 32 heavy (non-hydrogen) atoms. The quantitative estimate of drug-likeness (QED) is 0.530. The summed E-state index contributed by atoms with van der Waals surface area (Å²) in [7, 11) is 0. The number of nitrogens with one attached hydrogen (secondary N) is 1. The first kappa shape index (κ1) is 21.4. The van der Waals surface area contributed by atoms with Crippen LogP contribution in [0.3, 0.4) is 0 Å². The Labute approximate surface area is 188 Å². The number of carbonyl (C=O) groups is 2. The summed E-state index contributed by atoms with van der Waals surface area (Å²) >= 11 is 0. The molecule has 1 aliphatic rings. The van der Waals surface area contributed by atoms with Crippen LogP contribution in [0.5, 0.6) is 5.75 Å². The van der Waals surface area contributed by atoms with E-state index in [0.717, 1.165) is 22.4 Å². The largest absolute Gasteiger partial charge is 0.491 e. The fourth-order valence-corrected chi connectivity index (χ4v) is 3.84. The molecular formula is C27H26N2O3. The molecule has 0 fully saturated rings. The van der Waals surface area contributed by atoms with E-state index in [9.17, 15) is 9.59 Å². The monoisotopic (exact) mass is 426 g/mol. The van der Waals surface area contributed by atoms with Crippen LogP contribution in [0, 0.1) is 13.8 Å². The molecule has 0 saturated carbocycles. The number of amides is 2. The number of hydrogen-bond donors (Lipinski definition) is 1. The maximum absolute atomic E-state index is 13.6. The number of nitrogens with zero attached hydrogens (tertiary/aromatic N) is 1. The molecule has 3 aromatic carbocycles. The minimum Gasteiger partial charge on any atom is -0.491 e. The molecule has 0 radical (unpaired) electrons. The molecule has 0 saturated heterocycles. The first-order chi connectivity index (χ1) is 15.3. The van der Waals surface area contributed by atoms with E-state index in [1.54, 1.807) is 24.3 Å². The maximum Gasteiger partial charge on any atom is 0.282 e. The number of benzene rings is 3. The Balaban J connectivity index is 1.77. The number of para-hydroxylation sites is 1. The van der Waals surface area contributed by atoms with Gasteiger partial charge in [-0.1, -0.05) is 42.0 Å². The van der Waals surface area contributed by atoms with E-state index in [1.165, 1.54) is 4.90 Å². The lowest BCUT2D eigenvalue weighted by Gasteiger charge is -2.17. The van der Waals surface area contributed by atoms with Gasteiger partial charge in [-0.2, -0.15) is 0 Å². The second-order valence-corrected chi connectivity index (χ2v) is 8.17. The van der Waals surface area contributed by atoms with Crippen molar-refractivity contribution in [2.24, 2.45) is 0 Å². The van der Waals surface area contributed by atoms with Crippen LogP contribution in [0.15, 0.2) is 78.5 Å². The summed E-state index contributed by atoms with van der Waals surface area (Å²) < 4.78 is 5.69. The topological polar surface area (TPSA) is 58.6 Å². The van der Waals surface area contributed by atoms with E-state index in [0.29, 0.717) is 17.0 Å². The van der Waals surface area contributed by atoms with Crippen LogP contribution in [-0.2, 0) is 9.59 Å². The van der Waals surface area contributed by atoms with Crippen molar-refractivity contribution in [1.82, 2.24) is 0 Å². The summed E-state index contributed by atoms with van der Waals surface area (Å²) in [5, 5.41) is 3.19. The van der Waals surface area contributed by atoms with Crippen LogP contribution in [0.4, 0.5) is 11.4 Å². The van der Waals surface area contributed by atoms with Crippen molar-refractivity contribution in [3.63, 3.8) is 0 Å². The molecule has 5 heteroatoms. The zero-order chi connectivity index (χ0) is 22.8. The van der Waals surface area contributed by atoms with Gasteiger partial charge in [-0.25, -0.2) is 4.90 Å². The lowest BCUT2D eigenvalue weighted by molar-refractivity contribution is -0.120. The standard InChI is InChI=1S/C27H26N2O3/c1-17(2)32-22-13-11-21(12-14-22)29-26(30)24(23-15-10-18(3)16-19(23)4)25(27(29)31)28-20-8-6-5-7-9-20/h5-17,28H,1-4H3. The van der Waals surface area contributed by atoms with Crippen molar-refractivity contribution in [1.29, 1.82) is 0 Å². The minimum atomic E-state index is -0.383. The first-order valence-electron chi connectivity index (χ1n) is 10.6. The average molecular weight is 427 g/mol. The van der Waals surface area contributed by atoms with Crippen molar-refractivity contribution < 1.29 is 14.3 Å². The van der Waals surface area contributed by atoms with Gasteiger partial charge in [-0.05, 0) is 75.2 Å². The Morgan fingerprint density at radius 1 is 0.844 bits per heavy atom.